The van der Waals surface area contributed by atoms with Crippen molar-refractivity contribution in [2.24, 2.45) is 0 Å². The van der Waals surface area contributed by atoms with Gasteiger partial charge >= 0.3 is 0 Å². The highest BCUT2D eigenvalue weighted by Crippen LogP contribution is 2.08. The topological polar surface area (TPSA) is 76.1 Å². The number of aromatic nitrogens is 2. The molecule has 0 bridgehead atoms. The van der Waals surface area contributed by atoms with E-state index in [1.165, 1.54) is 5.56 Å². The molecule has 1 aromatic heterocycles. The Labute approximate surface area is 136 Å². The molecule has 6 heteroatoms. The second-order valence-electron chi connectivity index (χ2n) is 5.29. The van der Waals surface area contributed by atoms with E-state index in [-0.39, 0.29) is 5.91 Å². The lowest BCUT2D eigenvalue weighted by Gasteiger charge is -2.07. The van der Waals surface area contributed by atoms with E-state index in [1.807, 2.05) is 31.2 Å². The molecule has 23 heavy (non-hydrogen) atoms. The predicted molar refractivity (Wildman–Crippen MR) is 90.5 cm³/mol. The summed E-state index contributed by atoms with van der Waals surface area (Å²) in [6.07, 6.45) is 1.21. The molecule has 1 amide bonds. The number of hydrogen-bond donors (Lipinski definition) is 2. The van der Waals surface area contributed by atoms with E-state index in [0.29, 0.717) is 24.7 Å². The third-order valence-corrected chi connectivity index (χ3v) is 3.25. The molecular formula is C17H22N4O2. The van der Waals surface area contributed by atoms with E-state index in [9.17, 15) is 4.79 Å². The van der Waals surface area contributed by atoms with E-state index < -0.39 is 0 Å². The highest BCUT2D eigenvalue weighted by atomic mass is 16.5. The molecule has 2 rings (SSSR count). The number of carbonyl (C=O) groups is 1. The molecule has 0 unspecified atom stereocenters. The van der Waals surface area contributed by atoms with Crippen LogP contribution in [0.5, 0.6) is 0 Å². The first kappa shape index (κ1) is 16.9. The monoisotopic (exact) mass is 314 g/mol. The molecule has 0 aliphatic carbocycles. The lowest BCUT2D eigenvalue weighted by atomic mass is 10.1. The quantitative estimate of drug-likeness (QED) is 0.732. The van der Waals surface area contributed by atoms with Crippen LogP contribution in [-0.4, -0.2) is 36.4 Å². The van der Waals surface area contributed by atoms with E-state index in [2.05, 4.69) is 20.8 Å². The number of benzene rings is 1. The smallest absolute Gasteiger partial charge is 0.229 e. The maximum atomic E-state index is 12.0. The Balaban J connectivity index is 1.80. The van der Waals surface area contributed by atoms with Gasteiger partial charge in [0, 0.05) is 20.3 Å². The summed E-state index contributed by atoms with van der Waals surface area (Å²) >= 11 is 0. The number of amides is 1. The van der Waals surface area contributed by atoms with Crippen molar-refractivity contribution in [1.29, 1.82) is 0 Å². The van der Waals surface area contributed by atoms with Crippen molar-refractivity contribution in [3.63, 3.8) is 0 Å². The summed E-state index contributed by atoms with van der Waals surface area (Å²) in [5, 5.41) is 13.9. The first-order valence-electron chi connectivity index (χ1n) is 7.59. The summed E-state index contributed by atoms with van der Waals surface area (Å²) in [5.74, 6) is 1.02. The lowest BCUT2D eigenvalue weighted by molar-refractivity contribution is -0.115. The van der Waals surface area contributed by atoms with E-state index in [4.69, 9.17) is 4.74 Å². The highest BCUT2D eigenvalue weighted by Gasteiger charge is 2.05. The third-order valence-electron chi connectivity index (χ3n) is 3.25. The number of hydrogen-bond acceptors (Lipinski definition) is 5. The number of anilines is 2. The van der Waals surface area contributed by atoms with Gasteiger partial charge in [-0.1, -0.05) is 29.8 Å². The van der Waals surface area contributed by atoms with Crippen LogP contribution in [0.25, 0.3) is 0 Å². The average molecular weight is 314 g/mol. The summed E-state index contributed by atoms with van der Waals surface area (Å²) in [6.45, 7) is 3.49. The van der Waals surface area contributed by atoms with Crippen LogP contribution < -0.4 is 10.6 Å². The molecule has 0 aliphatic heterocycles. The van der Waals surface area contributed by atoms with Gasteiger partial charge in [0.15, 0.2) is 5.82 Å². The highest BCUT2D eigenvalue weighted by molar-refractivity contribution is 5.91. The fourth-order valence-electron chi connectivity index (χ4n) is 2.00. The summed E-state index contributed by atoms with van der Waals surface area (Å²) in [5.41, 5.74) is 2.14. The van der Waals surface area contributed by atoms with Gasteiger partial charge in [-0.3, -0.25) is 4.79 Å². The van der Waals surface area contributed by atoms with Gasteiger partial charge in [0.25, 0.3) is 0 Å². The zero-order valence-electron chi connectivity index (χ0n) is 13.5. The Morgan fingerprint density at radius 3 is 2.43 bits per heavy atom. The van der Waals surface area contributed by atoms with Crippen molar-refractivity contribution in [2.75, 3.05) is 30.9 Å². The second kappa shape index (κ2) is 8.85. The van der Waals surface area contributed by atoms with Gasteiger partial charge in [0.2, 0.25) is 5.91 Å². The van der Waals surface area contributed by atoms with Crippen LogP contribution in [0.3, 0.4) is 0 Å². The van der Waals surface area contributed by atoms with Gasteiger partial charge in [-0.2, -0.15) is 0 Å². The Bertz CT molecular complexity index is 611. The standard InChI is InChI=1S/C17H22N4O2/c1-13-4-6-14(7-5-13)12-17(22)19-16-9-8-15(20-21-16)18-10-3-11-23-2/h4-9H,3,10-12H2,1-2H3,(H,18,20)(H,19,21,22). The lowest BCUT2D eigenvalue weighted by Crippen LogP contribution is -2.16. The number of rotatable bonds is 8. The molecule has 2 N–H and O–H groups in total. The molecule has 0 atom stereocenters. The Kier molecular flexibility index (Phi) is 6.50. The van der Waals surface area contributed by atoms with Gasteiger partial charge < -0.3 is 15.4 Å². The van der Waals surface area contributed by atoms with Gasteiger partial charge in [-0.05, 0) is 31.0 Å². The van der Waals surface area contributed by atoms with Crippen LogP contribution in [0, 0.1) is 6.92 Å². The SMILES string of the molecule is COCCCNc1ccc(NC(=O)Cc2ccc(C)cc2)nn1. The molecule has 6 nitrogen and oxygen atoms in total. The summed E-state index contributed by atoms with van der Waals surface area (Å²) < 4.78 is 4.97. The van der Waals surface area contributed by atoms with E-state index in [0.717, 1.165) is 18.5 Å². The van der Waals surface area contributed by atoms with Crippen LogP contribution >= 0.6 is 0 Å². The predicted octanol–water partition coefficient (Wildman–Crippen LogP) is 2.41. The first-order chi connectivity index (χ1) is 11.2. The van der Waals surface area contributed by atoms with Crippen LogP contribution in [0.4, 0.5) is 11.6 Å². The number of nitrogens with one attached hydrogen (secondary N) is 2. The maximum Gasteiger partial charge on any atom is 0.229 e. The summed E-state index contributed by atoms with van der Waals surface area (Å²) in [6, 6.07) is 11.4. The molecule has 0 aliphatic rings. The van der Waals surface area contributed by atoms with Crippen molar-refractivity contribution >= 4 is 17.5 Å². The Morgan fingerprint density at radius 1 is 1.09 bits per heavy atom. The number of aryl methyl sites for hydroxylation is 1. The number of methoxy groups -OCH3 is 1. The molecular weight excluding hydrogens is 292 g/mol. The van der Waals surface area contributed by atoms with Crippen molar-refractivity contribution < 1.29 is 9.53 Å². The molecule has 0 saturated carbocycles. The van der Waals surface area contributed by atoms with E-state index in [1.54, 1.807) is 19.2 Å². The molecule has 0 radical (unpaired) electrons. The Hall–Kier alpha value is -2.47. The molecule has 1 aromatic carbocycles. The molecule has 1 heterocycles. The van der Waals surface area contributed by atoms with Gasteiger partial charge in [0.1, 0.15) is 5.82 Å². The number of carbonyl (C=O) groups excluding carboxylic acids is 1. The van der Waals surface area contributed by atoms with E-state index >= 15 is 0 Å². The molecule has 0 saturated heterocycles. The van der Waals surface area contributed by atoms with Crippen LogP contribution in [0.15, 0.2) is 36.4 Å². The van der Waals surface area contributed by atoms with Crippen LogP contribution in [0.1, 0.15) is 17.5 Å². The normalized spacial score (nSPS) is 10.3. The minimum atomic E-state index is -0.107. The zero-order chi connectivity index (χ0) is 16.5. The van der Waals surface area contributed by atoms with Crippen molar-refractivity contribution in [3.8, 4) is 0 Å². The molecule has 122 valence electrons. The van der Waals surface area contributed by atoms with Crippen LogP contribution in [0.2, 0.25) is 0 Å². The summed E-state index contributed by atoms with van der Waals surface area (Å²) in [7, 11) is 1.67. The fraction of sp³-hybridized carbons (Fsp3) is 0.353. The summed E-state index contributed by atoms with van der Waals surface area (Å²) in [4.78, 5) is 12.0. The third kappa shape index (κ3) is 6.04. The second-order valence-corrected chi connectivity index (χ2v) is 5.29. The number of nitrogens with zero attached hydrogens (tertiary/aromatic N) is 2. The van der Waals surface area contributed by atoms with Crippen molar-refractivity contribution in [1.82, 2.24) is 10.2 Å². The molecule has 0 fully saturated rings. The van der Waals surface area contributed by atoms with Gasteiger partial charge in [-0.25, -0.2) is 0 Å². The van der Waals surface area contributed by atoms with Gasteiger partial charge in [0.05, 0.1) is 6.42 Å². The zero-order valence-corrected chi connectivity index (χ0v) is 13.5. The Morgan fingerprint density at radius 2 is 1.78 bits per heavy atom. The largest absolute Gasteiger partial charge is 0.385 e. The number of ether oxygens (including phenoxy) is 1. The first-order valence-corrected chi connectivity index (χ1v) is 7.59. The van der Waals surface area contributed by atoms with Crippen molar-refractivity contribution in [3.05, 3.63) is 47.5 Å². The minimum Gasteiger partial charge on any atom is -0.385 e. The molecule has 0 spiro atoms. The molecule has 2 aromatic rings. The van der Waals surface area contributed by atoms with Crippen LogP contribution in [-0.2, 0) is 16.0 Å². The van der Waals surface area contributed by atoms with Gasteiger partial charge in [-0.15, -0.1) is 10.2 Å². The average Bonchev–Trinajstić information content (AvgIpc) is 2.55. The minimum absolute atomic E-state index is 0.107. The fourth-order valence-corrected chi connectivity index (χ4v) is 2.00. The van der Waals surface area contributed by atoms with Crippen molar-refractivity contribution in [2.45, 2.75) is 19.8 Å². The maximum absolute atomic E-state index is 12.0.